The fourth-order valence-corrected chi connectivity index (χ4v) is 3.14. The summed E-state index contributed by atoms with van der Waals surface area (Å²) in [6.45, 7) is 1.95. The molecule has 2 rings (SSSR count). The number of nitrogens with two attached hydrogens (primary N) is 1. The lowest BCUT2D eigenvalue weighted by molar-refractivity contribution is -0.131. The van der Waals surface area contributed by atoms with Gasteiger partial charge in [-0.1, -0.05) is 13.3 Å². The zero-order valence-electron chi connectivity index (χ0n) is 8.38. The van der Waals surface area contributed by atoms with Crippen molar-refractivity contribution in [2.24, 2.45) is 23.0 Å². The molecule has 3 N–H and O–H groups in total. The first-order chi connectivity index (χ1) is 6.52. The molecule has 3 atom stereocenters. The van der Waals surface area contributed by atoms with Gasteiger partial charge in [0.05, 0.1) is 0 Å². The van der Waals surface area contributed by atoms with E-state index in [0.29, 0.717) is 11.8 Å². The molecule has 2 aliphatic rings. The highest BCUT2D eigenvalue weighted by Gasteiger charge is 2.52. The van der Waals surface area contributed by atoms with E-state index in [1.165, 1.54) is 6.42 Å². The summed E-state index contributed by atoms with van der Waals surface area (Å²) >= 11 is 0. The average Bonchev–Trinajstić information content (AvgIpc) is 2.62. The van der Waals surface area contributed by atoms with Crippen molar-refractivity contribution in [3.05, 3.63) is 0 Å². The molecule has 2 aliphatic carbocycles. The number of carbonyl (C=O) groups is 2. The number of urea groups is 1. The molecule has 2 fully saturated rings. The maximum absolute atomic E-state index is 11.8. The standard InChI is InChI=1S/C10H16N2O2/c1-10(8(13)12-9(11)14)5-6-2-3-7(10)4-6/h6-7H,2-5H2,1H3,(H3,11,12,13,14)/t6-,7+,10+/m1/s1. The summed E-state index contributed by atoms with van der Waals surface area (Å²) in [7, 11) is 0. The Kier molecular flexibility index (Phi) is 2.01. The minimum absolute atomic E-state index is 0.183. The summed E-state index contributed by atoms with van der Waals surface area (Å²) < 4.78 is 0. The van der Waals surface area contributed by atoms with Crippen LogP contribution in [0.15, 0.2) is 0 Å². The third-order valence-electron chi connectivity index (χ3n) is 3.91. The maximum atomic E-state index is 11.8. The number of fused-ring (bicyclic) bond motifs is 2. The van der Waals surface area contributed by atoms with E-state index in [1.807, 2.05) is 6.92 Å². The van der Waals surface area contributed by atoms with Crippen molar-refractivity contribution in [3.63, 3.8) is 0 Å². The SMILES string of the molecule is C[C@]1(C(=O)NC(N)=O)C[C@@H]2CC[C@H]1C2. The van der Waals surface area contributed by atoms with Crippen LogP contribution in [0.4, 0.5) is 4.79 Å². The van der Waals surface area contributed by atoms with Crippen molar-refractivity contribution in [2.45, 2.75) is 32.6 Å². The quantitative estimate of drug-likeness (QED) is 0.657. The largest absolute Gasteiger partial charge is 0.351 e. The molecule has 3 amide bonds. The lowest BCUT2D eigenvalue weighted by Crippen LogP contribution is -2.46. The molecule has 0 aromatic heterocycles. The first-order valence-electron chi connectivity index (χ1n) is 5.13. The molecular weight excluding hydrogens is 180 g/mol. The van der Waals surface area contributed by atoms with Gasteiger partial charge < -0.3 is 5.73 Å². The van der Waals surface area contributed by atoms with Gasteiger partial charge >= 0.3 is 6.03 Å². The number of hydrogen-bond acceptors (Lipinski definition) is 2. The predicted octanol–water partition coefficient (Wildman–Crippen LogP) is 1.01. The molecule has 0 unspecified atom stereocenters. The number of imide groups is 1. The van der Waals surface area contributed by atoms with Gasteiger partial charge in [0.2, 0.25) is 5.91 Å². The van der Waals surface area contributed by atoms with E-state index < -0.39 is 6.03 Å². The Morgan fingerprint density at radius 2 is 2.14 bits per heavy atom. The van der Waals surface area contributed by atoms with E-state index in [2.05, 4.69) is 5.32 Å². The number of amides is 3. The van der Waals surface area contributed by atoms with Crippen LogP contribution in [0.5, 0.6) is 0 Å². The lowest BCUT2D eigenvalue weighted by atomic mass is 9.74. The second-order valence-corrected chi connectivity index (χ2v) is 4.82. The molecule has 0 aromatic carbocycles. The van der Waals surface area contributed by atoms with E-state index in [1.54, 1.807) is 0 Å². The van der Waals surface area contributed by atoms with Crippen molar-refractivity contribution >= 4 is 11.9 Å². The fraction of sp³-hybridized carbons (Fsp3) is 0.800. The van der Waals surface area contributed by atoms with E-state index in [4.69, 9.17) is 5.73 Å². The summed E-state index contributed by atoms with van der Waals surface area (Å²) in [6.07, 6.45) is 4.41. The van der Waals surface area contributed by atoms with Crippen molar-refractivity contribution in [1.29, 1.82) is 0 Å². The number of rotatable bonds is 1. The molecule has 0 heterocycles. The fourth-order valence-electron chi connectivity index (χ4n) is 3.14. The molecule has 0 radical (unpaired) electrons. The molecule has 4 heteroatoms. The molecule has 2 saturated carbocycles. The zero-order valence-corrected chi connectivity index (χ0v) is 8.38. The van der Waals surface area contributed by atoms with Gasteiger partial charge in [-0.25, -0.2) is 4.79 Å². The highest BCUT2D eigenvalue weighted by molar-refractivity contribution is 5.96. The van der Waals surface area contributed by atoms with Crippen LogP contribution < -0.4 is 11.1 Å². The van der Waals surface area contributed by atoms with Crippen molar-refractivity contribution in [2.75, 3.05) is 0 Å². The summed E-state index contributed by atoms with van der Waals surface area (Å²) in [6, 6.07) is -0.737. The first kappa shape index (κ1) is 9.49. The Hall–Kier alpha value is -1.06. The smallest absolute Gasteiger partial charge is 0.318 e. The van der Waals surface area contributed by atoms with Crippen LogP contribution in [-0.4, -0.2) is 11.9 Å². The first-order valence-corrected chi connectivity index (χ1v) is 5.13. The van der Waals surface area contributed by atoms with Gasteiger partial charge in [0.25, 0.3) is 0 Å². The normalized spacial score (nSPS) is 39.8. The maximum Gasteiger partial charge on any atom is 0.318 e. The van der Waals surface area contributed by atoms with Crippen LogP contribution in [-0.2, 0) is 4.79 Å². The molecule has 14 heavy (non-hydrogen) atoms. The Morgan fingerprint density at radius 3 is 2.57 bits per heavy atom. The zero-order chi connectivity index (χ0) is 10.3. The van der Waals surface area contributed by atoms with Gasteiger partial charge in [-0.05, 0) is 31.1 Å². The topological polar surface area (TPSA) is 72.2 Å². The number of nitrogens with one attached hydrogen (secondary N) is 1. The number of carbonyl (C=O) groups excluding carboxylic acids is 2. The van der Waals surface area contributed by atoms with Gasteiger partial charge in [0.15, 0.2) is 0 Å². The second-order valence-electron chi connectivity index (χ2n) is 4.82. The number of hydrogen-bond donors (Lipinski definition) is 2. The molecule has 78 valence electrons. The van der Waals surface area contributed by atoms with E-state index in [0.717, 1.165) is 19.3 Å². The molecule has 0 spiro atoms. The minimum atomic E-state index is -0.737. The second kappa shape index (κ2) is 2.97. The van der Waals surface area contributed by atoms with Gasteiger partial charge in [0, 0.05) is 5.41 Å². The average molecular weight is 196 g/mol. The molecule has 0 aliphatic heterocycles. The summed E-state index contributed by atoms with van der Waals surface area (Å²) in [5.41, 5.74) is 4.60. The highest BCUT2D eigenvalue weighted by atomic mass is 16.2. The third kappa shape index (κ3) is 1.29. The van der Waals surface area contributed by atoms with Crippen LogP contribution in [0.1, 0.15) is 32.6 Å². The van der Waals surface area contributed by atoms with Gasteiger partial charge in [-0.15, -0.1) is 0 Å². The third-order valence-corrected chi connectivity index (χ3v) is 3.91. The van der Waals surface area contributed by atoms with Crippen LogP contribution in [0.2, 0.25) is 0 Å². The van der Waals surface area contributed by atoms with Crippen molar-refractivity contribution < 1.29 is 9.59 Å². The number of primary amides is 1. The molecule has 4 nitrogen and oxygen atoms in total. The molecule has 0 saturated heterocycles. The Bertz CT molecular complexity index is 290. The lowest BCUT2D eigenvalue weighted by Gasteiger charge is -2.31. The molecular formula is C10H16N2O2. The van der Waals surface area contributed by atoms with Gasteiger partial charge in [-0.2, -0.15) is 0 Å². The molecule has 0 aromatic rings. The predicted molar refractivity (Wildman–Crippen MR) is 51.3 cm³/mol. The summed E-state index contributed by atoms with van der Waals surface area (Å²) in [5, 5.41) is 2.21. The van der Waals surface area contributed by atoms with E-state index in [9.17, 15) is 9.59 Å². The van der Waals surface area contributed by atoms with Crippen LogP contribution >= 0.6 is 0 Å². The monoisotopic (exact) mass is 196 g/mol. The van der Waals surface area contributed by atoms with Crippen LogP contribution in [0.3, 0.4) is 0 Å². The highest BCUT2D eigenvalue weighted by Crippen LogP contribution is 2.55. The van der Waals surface area contributed by atoms with Crippen LogP contribution in [0.25, 0.3) is 0 Å². The Balaban J connectivity index is 2.09. The Labute approximate surface area is 83.2 Å². The van der Waals surface area contributed by atoms with Gasteiger partial charge in [0.1, 0.15) is 0 Å². The molecule has 2 bridgehead atoms. The van der Waals surface area contributed by atoms with Crippen LogP contribution in [0, 0.1) is 17.3 Å². The van der Waals surface area contributed by atoms with E-state index >= 15 is 0 Å². The summed E-state index contributed by atoms with van der Waals surface area (Å²) in [5.74, 6) is 0.952. The summed E-state index contributed by atoms with van der Waals surface area (Å²) in [4.78, 5) is 22.4. The minimum Gasteiger partial charge on any atom is -0.351 e. The van der Waals surface area contributed by atoms with Gasteiger partial charge in [-0.3, -0.25) is 10.1 Å². The van der Waals surface area contributed by atoms with Crippen molar-refractivity contribution in [1.82, 2.24) is 5.32 Å². The Morgan fingerprint density at radius 1 is 1.43 bits per heavy atom. The van der Waals surface area contributed by atoms with Crippen molar-refractivity contribution in [3.8, 4) is 0 Å². The van der Waals surface area contributed by atoms with E-state index in [-0.39, 0.29) is 11.3 Å².